The van der Waals surface area contributed by atoms with E-state index < -0.39 is 0 Å². The van der Waals surface area contributed by atoms with E-state index in [2.05, 4.69) is 15.5 Å². The van der Waals surface area contributed by atoms with Crippen molar-refractivity contribution in [2.24, 2.45) is 0 Å². The highest BCUT2D eigenvalue weighted by atomic mass is 35.5. The van der Waals surface area contributed by atoms with Crippen molar-refractivity contribution in [3.8, 4) is 10.7 Å². The van der Waals surface area contributed by atoms with Crippen LogP contribution in [0.2, 0.25) is 5.02 Å². The Morgan fingerprint density at radius 3 is 2.59 bits per heavy atom. The fourth-order valence-electron chi connectivity index (χ4n) is 2.44. The predicted molar refractivity (Wildman–Crippen MR) is 109 cm³/mol. The molecule has 0 unspecified atom stereocenters. The van der Waals surface area contributed by atoms with Gasteiger partial charge >= 0.3 is 0 Å². The maximum absolute atomic E-state index is 12.3. The van der Waals surface area contributed by atoms with Gasteiger partial charge in [0.25, 0.3) is 0 Å². The summed E-state index contributed by atoms with van der Waals surface area (Å²) in [7, 11) is 0. The van der Waals surface area contributed by atoms with Gasteiger partial charge in [-0.2, -0.15) is 0 Å². The summed E-state index contributed by atoms with van der Waals surface area (Å²) >= 11 is 8.79. The summed E-state index contributed by atoms with van der Waals surface area (Å²) in [5.74, 6) is 0.829. The van der Waals surface area contributed by atoms with Crippen LogP contribution in [0.4, 0.5) is 5.69 Å². The summed E-state index contributed by atoms with van der Waals surface area (Å²) in [6.07, 6.45) is 3.83. The summed E-state index contributed by atoms with van der Waals surface area (Å²) in [5.41, 5.74) is 0.705. The molecule has 0 aliphatic heterocycles. The molecular weight excluding hydrogens is 402 g/mol. The van der Waals surface area contributed by atoms with Gasteiger partial charge in [-0.3, -0.25) is 9.47 Å². The summed E-state index contributed by atoms with van der Waals surface area (Å²) in [5, 5.41) is 14.7. The van der Waals surface area contributed by atoms with Gasteiger partial charge in [0.05, 0.1) is 10.6 Å². The SMILES string of the molecule is O=C(CSc1nnc(-c2cccs2)n1-n1cccc1)Nc1ccc(Cl)cc1. The fourth-order valence-corrected chi connectivity index (χ4v) is 4.00. The minimum Gasteiger partial charge on any atom is -0.325 e. The maximum Gasteiger partial charge on any atom is 0.234 e. The van der Waals surface area contributed by atoms with Crippen LogP contribution >= 0.6 is 34.7 Å². The Balaban J connectivity index is 1.52. The number of hydrogen-bond donors (Lipinski definition) is 1. The van der Waals surface area contributed by atoms with Crippen molar-refractivity contribution >= 4 is 46.3 Å². The number of carbonyl (C=O) groups is 1. The molecule has 0 saturated heterocycles. The molecule has 0 bridgehead atoms. The molecule has 0 spiro atoms. The number of nitrogens with zero attached hydrogens (tertiary/aromatic N) is 4. The van der Waals surface area contributed by atoms with Gasteiger partial charge in [-0.1, -0.05) is 29.4 Å². The van der Waals surface area contributed by atoms with Crippen molar-refractivity contribution in [2.75, 3.05) is 11.1 Å². The predicted octanol–water partition coefficient (Wildman–Crippen LogP) is 4.50. The zero-order valence-electron chi connectivity index (χ0n) is 13.9. The molecule has 27 heavy (non-hydrogen) atoms. The molecule has 3 heterocycles. The van der Waals surface area contributed by atoms with Crippen molar-refractivity contribution < 1.29 is 4.79 Å². The number of hydrogen-bond acceptors (Lipinski definition) is 5. The van der Waals surface area contributed by atoms with Gasteiger partial charge in [0, 0.05) is 23.1 Å². The molecule has 1 aromatic carbocycles. The number of nitrogens with one attached hydrogen (secondary N) is 1. The molecule has 0 radical (unpaired) electrons. The van der Waals surface area contributed by atoms with E-state index in [1.54, 1.807) is 35.6 Å². The van der Waals surface area contributed by atoms with E-state index in [-0.39, 0.29) is 11.7 Å². The monoisotopic (exact) mass is 415 g/mol. The molecule has 0 fully saturated rings. The highest BCUT2D eigenvalue weighted by Gasteiger charge is 2.17. The van der Waals surface area contributed by atoms with Gasteiger partial charge in [0.2, 0.25) is 11.1 Å². The van der Waals surface area contributed by atoms with Crippen LogP contribution in [0.3, 0.4) is 0 Å². The number of rotatable bonds is 6. The van der Waals surface area contributed by atoms with Crippen LogP contribution in [0.15, 0.2) is 71.5 Å². The van der Waals surface area contributed by atoms with Gasteiger partial charge in [-0.25, -0.2) is 4.68 Å². The molecule has 4 aromatic rings. The molecule has 4 rings (SSSR count). The van der Waals surface area contributed by atoms with E-state index in [0.29, 0.717) is 15.9 Å². The molecule has 1 amide bonds. The lowest BCUT2D eigenvalue weighted by atomic mass is 10.3. The number of halogens is 1. The molecule has 136 valence electrons. The standard InChI is InChI=1S/C18H14ClN5OS2/c19-13-5-7-14(8-6-13)20-16(25)12-27-18-22-21-17(15-4-3-11-26-15)24(18)23-9-1-2-10-23/h1-11H,12H2,(H,20,25). The second kappa shape index (κ2) is 7.99. The Bertz CT molecular complexity index is 1030. The first-order valence-corrected chi connectivity index (χ1v) is 10.3. The third-order valence-electron chi connectivity index (χ3n) is 3.63. The van der Waals surface area contributed by atoms with Gasteiger partial charge in [-0.05, 0) is 47.8 Å². The average Bonchev–Trinajstić information content (AvgIpc) is 3.42. The number of aromatic nitrogens is 4. The van der Waals surface area contributed by atoms with Crippen LogP contribution in [-0.4, -0.2) is 31.2 Å². The summed E-state index contributed by atoms with van der Waals surface area (Å²) in [6.45, 7) is 0. The lowest BCUT2D eigenvalue weighted by Gasteiger charge is -2.10. The van der Waals surface area contributed by atoms with E-state index >= 15 is 0 Å². The van der Waals surface area contributed by atoms with Crippen molar-refractivity contribution in [1.29, 1.82) is 0 Å². The number of benzene rings is 1. The number of anilines is 1. The van der Waals surface area contributed by atoms with Gasteiger partial charge in [-0.15, -0.1) is 21.5 Å². The first kappa shape index (κ1) is 17.8. The van der Waals surface area contributed by atoms with Crippen LogP contribution in [0, 0.1) is 0 Å². The van der Waals surface area contributed by atoms with Crippen LogP contribution in [0.25, 0.3) is 10.7 Å². The lowest BCUT2D eigenvalue weighted by Crippen LogP contribution is -2.15. The van der Waals surface area contributed by atoms with E-state index in [1.807, 2.05) is 51.4 Å². The Labute approximate surface area is 168 Å². The average molecular weight is 416 g/mol. The second-order valence-corrected chi connectivity index (χ2v) is 7.83. The maximum atomic E-state index is 12.3. The number of carbonyl (C=O) groups excluding carboxylic acids is 1. The first-order chi connectivity index (χ1) is 13.2. The normalized spacial score (nSPS) is 10.9. The third kappa shape index (κ3) is 4.08. The smallest absolute Gasteiger partial charge is 0.234 e. The Kier molecular flexibility index (Phi) is 5.28. The molecular formula is C18H14ClN5OS2. The fraction of sp³-hybridized carbons (Fsp3) is 0.0556. The first-order valence-electron chi connectivity index (χ1n) is 8.02. The highest BCUT2D eigenvalue weighted by Crippen LogP contribution is 2.27. The zero-order valence-corrected chi connectivity index (χ0v) is 16.3. The molecule has 0 aliphatic carbocycles. The van der Waals surface area contributed by atoms with Crippen molar-refractivity contribution in [1.82, 2.24) is 19.5 Å². The van der Waals surface area contributed by atoms with E-state index in [1.165, 1.54) is 11.8 Å². The number of thioether (sulfide) groups is 1. The Morgan fingerprint density at radius 1 is 1.11 bits per heavy atom. The zero-order chi connectivity index (χ0) is 18.6. The molecule has 0 saturated carbocycles. The molecule has 0 atom stereocenters. The second-order valence-electron chi connectivity index (χ2n) is 5.50. The van der Waals surface area contributed by atoms with Crippen molar-refractivity contribution in [2.45, 2.75) is 5.16 Å². The van der Waals surface area contributed by atoms with Gasteiger partial charge < -0.3 is 5.32 Å². The van der Waals surface area contributed by atoms with E-state index in [0.717, 1.165) is 10.7 Å². The van der Waals surface area contributed by atoms with Gasteiger partial charge in [0.15, 0.2) is 5.82 Å². The summed E-state index contributed by atoms with van der Waals surface area (Å²) in [6, 6.07) is 14.8. The van der Waals surface area contributed by atoms with Crippen molar-refractivity contribution in [3.63, 3.8) is 0 Å². The number of thiophene rings is 1. The molecule has 1 N–H and O–H groups in total. The van der Waals surface area contributed by atoms with Gasteiger partial charge in [0.1, 0.15) is 0 Å². The minimum absolute atomic E-state index is 0.123. The van der Waals surface area contributed by atoms with Crippen LogP contribution in [-0.2, 0) is 4.79 Å². The van der Waals surface area contributed by atoms with E-state index in [9.17, 15) is 4.79 Å². The van der Waals surface area contributed by atoms with Crippen LogP contribution in [0.1, 0.15) is 0 Å². The number of amides is 1. The Hall–Kier alpha value is -2.55. The molecule has 0 aliphatic rings. The summed E-state index contributed by atoms with van der Waals surface area (Å²) in [4.78, 5) is 13.3. The van der Waals surface area contributed by atoms with Crippen LogP contribution in [0.5, 0.6) is 0 Å². The molecule has 9 heteroatoms. The van der Waals surface area contributed by atoms with Crippen molar-refractivity contribution in [3.05, 3.63) is 71.3 Å². The highest BCUT2D eigenvalue weighted by molar-refractivity contribution is 7.99. The third-order valence-corrected chi connectivity index (χ3v) is 5.67. The minimum atomic E-state index is -0.123. The summed E-state index contributed by atoms with van der Waals surface area (Å²) < 4.78 is 3.79. The van der Waals surface area contributed by atoms with E-state index in [4.69, 9.17) is 11.6 Å². The molecule has 6 nitrogen and oxygen atoms in total. The lowest BCUT2D eigenvalue weighted by molar-refractivity contribution is -0.113. The Morgan fingerprint density at radius 2 is 1.89 bits per heavy atom. The molecule has 3 aromatic heterocycles. The largest absolute Gasteiger partial charge is 0.325 e. The van der Waals surface area contributed by atoms with Crippen LogP contribution < -0.4 is 5.32 Å². The topological polar surface area (TPSA) is 64.7 Å². The quantitative estimate of drug-likeness (QED) is 0.471.